The highest BCUT2D eigenvalue weighted by Gasteiger charge is 2.58. The van der Waals surface area contributed by atoms with Gasteiger partial charge in [-0.3, -0.25) is 5.14 Å². The predicted molar refractivity (Wildman–Crippen MR) is 134 cm³/mol. The molecule has 0 aromatic heterocycles. The molecule has 5 unspecified atom stereocenters. The number of hydrogen-bond donors (Lipinski definition) is 2. The van der Waals surface area contributed by atoms with Crippen molar-refractivity contribution >= 4 is 11.9 Å². The van der Waals surface area contributed by atoms with Gasteiger partial charge in [0.2, 0.25) is 6.43 Å². The summed E-state index contributed by atoms with van der Waals surface area (Å²) in [6.07, 6.45) is 8.62. The van der Waals surface area contributed by atoms with Gasteiger partial charge in [-0.2, -0.15) is 0 Å². The Morgan fingerprint density at radius 3 is 2.22 bits per heavy atom. The van der Waals surface area contributed by atoms with Crippen LogP contribution in [0.2, 0.25) is 0 Å². The zero-order chi connectivity index (χ0) is 23.4. The molecule has 32 heavy (non-hydrogen) atoms. The van der Waals surface area contributed by atoms with Crippen molar-refractivity contribution in [3.05, 3.63) is 35.9 Å². The van der Waals surface area contributed by atoms with Crippen molar-refractivity contribution in [2.45, 2.75) is 103 Å². The fraction of sp³-hybridized carbons (Fsp3) is 0.778. The molecule has 5 heteroatoms. The van der Waals surface area contributed by atoms with Crippen LogP contribution in [0.1, 0.15) is 90.5 Å². The number of hydrogen-bond acceptors (Lipinski definition) is 3. The molecule has 0 heterocycles. The minimum Gasteiger partial charge on any atom is -0.328 e. The summed E-state index contributed by atoms with van der Waals surface area (Å²) < 4.78 is 26.8. The highest BCUT2D eigenvalue weighted by Crippen LogP contribution is 2.65. The van der Waals surface area contributed by atoms with E-state index in [1.54, 1.807) is 0 Å². The molecule has 2 bridgehead atoms. The lowest BCUT2D eigenvalue weighted by atomic mass is 9.43. The van der Waals surface area contributed by atoms with Gasteiger partial charge in [-0.05, 0) is 72.2 Å². The fourth-order valence-corrected chi connectivity index (χ4v) is 7.84. The van der Waals surface area contributed by atoms with E-state index in [-0.39, 0.29) is 22.7 Å². The lowest BCUT2D eigenvalue weighted by molar-refractivity contribution is -0.0938. The third kappa shape index (κ3) is 5.88. The van der Waals surface area contributed by atoms with E-state index in [0.29, 0.717) is 17.9 Å². The summed E-state index contributed by atoms with van der Waals surface area (Å²) >= 11 is 1.41. The maximum Gasteiger partial charge on any atom is 0.239 e. The maximum absolute atomic E-state index is 13.4. The molecule has 0 aliphatic heterocycles. The van der Waals surface area contributed by atoms with Gasteiger partial charge < -0.3 is 5.73 Å². The van der Waals surface area contributed by atoms with Crippen molar-refractivity contribution in [2.24, 2.45) is 33.5 Å². The largest absolute Gasteiger partial charge is 0.328 e. The third-order valence-electron chi connectivity index (χ3n) is 8.96. The zero-order valence-corrected chi connectivity index (χ0v) is 21.1. The number of fused-ring (bicyclic) bond motifs is 2. The Balaban J connectivity index is 0.000000352. The lowest BCUT2D eigenvalue weighted by Gasteiger charge is -2.61. The maximum atomic E-state index is 13.4. The van der Waals surface area contributed by atoms with E-state index in [9.17, 15) is 8.78 Å². The topological polar surface area (TPSA) is 52.0 Å². The molecule has 0 spiro atoms. The standard InChI is InChI=1S/C21H31F2NS.C6H13N/c1-15-9-21(16-7-5-4-6-8-16)11-17(20(15,3)12-18(22)23)10-19(2,13-21)14-25-24;7-6-4-2-1-3-5-6/h4-8,15,17-18H,9-14,24H2,1-3H3;6H,1-5,7H2. The second kappa shape index (κ2) is 10.7. The Labute approximate surface area is 198 Å². The average molecular weight is 467 g/mol. The molecule has 3 saturated carbocycles. The van der Waals surface area contributed by atoms with E-state index in [2.05, 4.69) is 51.1 Å². The minimum atomic E-state index is -2.23. The number of alkyl halides is 2. The van der Waals surface area contributed by atoms with Gasteiger partial charge in [0.05, 0.1) is 0 Å². The molecule has 1 aromatic rings. The summed E-state index contributed by atoms with van der Waals surface area (Å²) in [4.78, 5) is 0. The summed E-state index contributed by atoms with van der Waals surface area (Å²) in [5.74, 6) is 1.53. The molecule has 3 aliphatic rings. The van der Waals surface area contributed by atoms with Gasteiger partial charge in [-0.15, -0.1) is 0 Å². The monoisotopic (exact) mass is 466 g/mol. The van der Waals surface area contributed by atoms with Gasteiger partial charge in [-0.1, -0.05) is 82.3 Å². The first-order valence-electron chi connectivity index (χ1n) is 12.5. The van der Waals surface area contributed by atoms with Gasteiger partial charge in [0.15, 0.2) is 0 Å². The summed E-state index contributed by atoms with van der Waals surface area (Å²) in [5.41, 5.74) is 6.96. The van der Waals surface area contributed by atoms with Gasteiger partial charge in [0, 0.05) is 18.2 Å². The van der Waals surface area contributed by atoms with Crippen LogP contribution in [-0.2, 0) is 5.41 Å². The fourth-order valence-electron chi connectivity index (χ4n) is 7.22. The molecule has 0 amide bonds. The second-order valence-corrected chi connectivity index (χ2v) is 12.3. The second-order valence-electron chi connectivity index (χ2n) is 11.7. The molecule has 0 saturated heterocycles. The molecule has 3 aliphatic carbocycles. The van der Waals surface area contributed by atoms with Crippen molar-refractivity contribution < 1.29 is 8.78 Å². The average Bonchev–Trinajstić information content (AvgIpc) is 2.73. The summed E-state index contributed by atoms with van der Waals surface area (Å²) in [6.45, 7) is 6.63. The zero-order valence-electron chi connectivity index (χ0n) is 20.3. The summed E-state index contributed by atoms with van der Waals surface area (Å²) in [7, 11) is 0. The molecule has 4 N–H and O–H groups in total. The van der Waals surface area contributed by atoms with E-state index in [1.807, 2.05) is 0 Å². The number of benzene rings is 1. The van der Waals surface area contributed by atoms with Gasteiger partial charge in [-0.25, -0.2) is 8.78 Å². The van der Waals surface area contributed by atoms with E-state index >= 15 is 0 Å². The highest BCUT2D eigenvalue weighted by atomic mass is 32.2. The highest BCUT2D eigenvalue weighted by molar-refractivity contribution is 7.97. The quantitative estimate of drug-likeness (QED) is 0.447. The van der Waals surface area contributed by atoms with Crippen LogP contribution in [0.15, 0.2) is 30.3 Å². The number of rotatable bonds is 5. The van der Waals surface area contributed by atoms with Crippen molar-refractivity contribution in [1.29, 1.82) is 0 Å². The van der Waals surface area contributed by atoms with E-state index in [1.165, 1.54) is 49.6 Å². The van der Waals surface area contributed by atoms with Crippen molar-refractivity contribution in [3.63, 3.8) is 0 Å². The SMILES string of the molecule is CC1CC2(c3ccccc3)CC(CC(C)(CSN)C2)C1(C)CC(F)F.NC1CCCCC1. The van der Waals surface area contributed by atoms with E-state index < -0.39 is 6.43 Å². The molecule has 1 aromatic carbocycles. The molecule has 0 radical (unpaired) electrons. The van der Waals surface area contributed by atoms with Crippen LogP contribution in [0.4, 0.5) is 8.78 Å². The molecular weight excluding hydrogens is 422 g/mol. The normalized spacial score (nSPS) is 37.6. The van der Waals surface area contributed by atoms with E-state index in [4.69, 9.17) is 10.9 Å². The first-order valence-corrected chi connectivity index (χ1v) is 13.6. The molecule has 5 atom stereocenters. The minimum absolute atomic E-state index is 0.0234. The predicted octanol–water partition coefficient (Wildman–Crippen LogP) is 7.32. The first-order chi connectivity index (χ1) is 15.1. The van der Waals surface area contributed by atoms with Gasteiger partial charge >= 0.3 is 0 Å². The molecule has 182 valence electrons. The molecule has 4 rings (SSSR count). The lowest BCUT2D eigenvalue weighted by Crippen LogP contribution is -2.55. The van der Waals surface area contributed by atoms with Crippen LogP contribution in [0.5, 0.6) is 0 Å². The smallest absolute Gasteiger partial charge is 0.239 e. The summed E-state index contributed by atoms with van der Waals surface area (Å²) in [6, 6.07) is 11.3. The molecule has 2 nitrogen and oxygen atoms in total. The van der Waals surface area contributed by atoms with Crippen LogP contribution < -0.4 is 10.9 Å². The Morgan fingerprint density at radius 1 is 1.03 bits per heavy atom. The van der Waals surface area contributed by atoms with Crippen molar-refractivity contribution in [2.75, 3.05) is 5.75 Å². The Morgan fingerprint density at radius 2 is 1.69 bits per heavy atom. The Hall–Kier alpha value is -0.650. The Bertz CT molecular complexity index is 707. The van der Waals surface area contributed by atoms with Crippen LogP contribution >= 0.6 is 11.9 Å². The van der Waals surface area contributed by atoms with Gasteiger partial charge in [0.1, 0.15) is 0 Å². The van der Waals surface area contributed by atoms with Crippen molar-refractivity contribution in [1.82, 2.24) is 0 Å². The number of nitrogens with two attached hydrogens (primary N) is 2. The van der Waals surface area contributed by atoms with Crippen LogP contribution in [0.25, 0.3) is 0 Å². The Kier molecular flexibility index (Phi) is 8.71. The van der Waals surface area contributed by atoms with Crippen LogP contribution in [0, 0.1) is 22.7 Å². The van der Waals surface area contributed by atoms with E-state index in [0.717, 1.165) is 31.4 Å². The van der Waals surface area contributed by atoms with Gasteiger partial charge in [0.25, 0.3) is 0 Å². The van der Waals surface area contributed by atoms with Crippen LogP contribution in [0.3, 0.4) is 0 Å². The third-order valence-corrected chi connectivity index (χ3v) is 9.82. The summed E-state index contributed by atoms with van der Waals surface area (Å²) in [5, 5.41) is 5.85. The van der Waals surface area contributed by atoms with Crippen molar-refractivity contribution in [3.8, 4) is 0 Å². The number of halogens is 2. The molecular formula is C27H44F2N2S. The first kappa shape index (κ1) is 26.0. The van der Waals surface area contributed by atoms with Crippen LogP contribution in [-0.4, -0.2) is 18.2 Å². The molecule has 3 fully saturated rings.